The summed E-state index contributed by atoms with van der Waals surface area (Å²) in [4.78, 5) is 18.2. The van der Waals surface area contributed by atoms with Crippen molar-refractivity contribution in [1.82, 2.24) is 25.1 Å². The molecule has 1 aliphatic rings. The fourth-order valence-corrected chi connectivity index (χ4v) is 2.32. The van der Waals surface area contributed by atoms with Crippen LogP contribution in [-0.2, 0) is 11.3 Å². The molecule has 2 rings (SSSR count). The Labute approximate surface area is 107 Å². The lowest BCUT2D eigenvalue weighted by Crippen LogP contribution is -2.57. The lowest BCUT2D eigenvalue weighted by molar-refractivity contribution is -0.126. The van der Waals surface area contributed by atoms with E-state index in [0.717, 1.165) is 38.5 Å². The van der Waals surface area contributed by atoms with Gasteiger partial charge in [0.05, 0.1) is 0 Å². The quantitative estimate of drug-likeness (QED) is 0.736. The number of carbonyl (C=O) groups is 1. The van der Waals surface area contributed by atoms with Gasteiger partial charge in [-0.15, -0.1) is 0 Å². The molecule has 1 atom stereocenters. The number of rotatable bonds is 4. The minimum Gasteiger partial charge on any atom is -0.358 e. The molecule has 18 heavy (non-hydrogen) atoms. The van der Waals surface area contributed by atoms with Crippen molar-refractivity contribution in [3.63, 3.8) is 0 Å². The second-order valence-electron chi connectivity index (χ2n) is 4.54. The van der Waals surface area contributed by atoms with Crippen LogP contribution in [0, 0.1) is 6.92 Å². The number of nitrogens with zero attached hydrogens (tertiary/aromatic N) is 3. The molecule has 0 aliphatic carbocycles. The van der Waals surface area contributed by atoms with Crippen LogP contribution in [0.25, 0.3) is 0 Å². The van der Waals surface area contributed by atoms with E-state index in [1.807, 2.05) is 19.3 Å². The van der Waals surface area contributed by atoms with Crippen molar-refractivity contribution in [3.05, 3.63) is 18.2 Å². The van der Waals surface area contributed by atoms with Gasteiger partial charge < -0.3 is 15.2 Å². The first-order chi connectivity index (χ1) is 8.72. The van der Waals surface area contributed by atoms with Crippen LogP contribution in [0.2, 0.25) is 0 Å². The Balaban J connectivity index is 1.93. The number of piperazine rings is 1. The third kappa shape index (κ3) is 2.88. The van der Waals surface area contributed by atoms with E-state index in [9.17, 15) is 4.79 Å². The van der Waals surface area contributed by atoms with E-state index in [1.54, 1.807) is 7.05 Å². The predicted molar refractivity (Wildman–Crippen MR) is 69.3 cm³/mol. The summed E-state index contributed by atoms with van der Waals surface area (Å²) in [5.74, 6) is 1.10. The van der Waals surface area contributed by atoms with Gasteiger partial charge in [0.1, 0.15) is 11.9 Å². The zero-order valence-corrected chi connectivity index (χ0v) is 11.0. The maximum Gasteiger partial charge on any atom is 0.238 e. The predicted octanol–water partition coefficient (Wildman–Crippen LogP) is -0.789. The molecular formula is C12H21N5O. The van der Waals surface area contributed by atoms with Crippen LogP contribution in [0.1, 0.15) is 5.82 Å². The summed E-state index contributed by atoms with van der Waals surface area (Å²) in [5, 5.41) is 5.99. The Hall–Kier alpha value is -1.40. The van der Waals surface area contributed by atoms with Crippen molar-refractivity contribution in [3.8, 4) is 0 Å². The number of nitrogens with one attached hydrogen (secondary N) is 2. The molecule has 0 spiro atoms. The van der Waals surface area contributed by atoms with Crippen molar-refractivity contribution in [2.24, 2.45) is 0 Å². The van der Waals surface area contributed by atoms with Gasteiger partial charge in [-0.2, -0.15) is 0 Å². The highest BCUT2D eigenvalue weighted by atomic mass is 16.2. The van der Waals surface area contributed by atoms with E-state index < -0.39 is 0 Å². The summed E-state index contributed by atoms with van der Waals surface area (Å²) in [6.45, 7) is 6.31. The molecule has 0 bridgehead atoms. The number of carbonyl (C=O) groups excluding carboxylic acids is 1. The number of aromatic nitrogens is 2. The van der Waals surface area contributed by atoms with Gasteiger partial charge in [0, 0.05) is 52.2 Å². The smallest absolute Gasteiger partial charge is 0.238 e. The monoisotopic (exact) mass is 251 g/mol. The lowest BCUT2D eigenvalue weighted by atomic mass is 10.2. The number of likely N-dealkylation sites (N-methyl/N-ethyl adjacent to an activating group) is 1. The molecule has 0 saturated carbocycles. The molecule has 2 N–H and O–H groups in total. The van der Waals surface area contributed by atoms with Gasteiger partial charge in [0.25, 0.3) is 0 Å². The molecule has 0 radical (unpaired) electrons. The third-order valence-corrected chi connectivity index (χ3v) is 3.46. The molecule has 6 heteroatoms. The molecule has 6 nitrogen and oxygen atoms in total. The van der Waals surface area contributed by atoms with Crippen LogP contribution in [0.15, 0.2) is 12.4 Å². The lowest BCUT2D eigenvalue weighted by Gasteiger charge is -2.34. The average Bonchev–Trinajstić information content (AvgIpc) is 2.81. The van der Waals surface area contributed by atoms with Gasteiger partial charge in [-0.05, 0) is 6.92 Å². The van der Waals surface area contributed by atoms with Crippen LogP contribution in [-0.4, -0.2) is 59.6 Å². The Morgan fingerprint density at radius 1 is 1.61 bits per heavy atom. The van der Waals surface area contributed by atoms with Gasteiger partial charge >= 0.3 is 0 Å². The van der Waals surface area contributed by atoms with E-state index in [1.165, 1.54) is 0 Å². The Bertz CT molecular complexity index is 403. The molecule has 1 unspecified atom stereocenters. The minimum atomic E-state index is -0.0624. The fraction of sp³-hybridized carbons (Fsp3) is 0.667. The van der Waals surface area contributed by atoms with Gasteiger partial charge in [-0.25, -0.2) is 4.98 Å². The van der Waals surface area contributed by atoms with Crippen LogP contribution < -0.4 is 10.6 Å². The molecule has 1 aromatic heterocycles. The second kappa shape index (κ2) is 5.97. The van der Waals surface area contributed by atoms with E-state index in [4.69, 9.17) is 0 Å². The number of aryl methyl sites for hydroxylation is 1. The van der Waals surface area contributed by atoms with Crippen molar-refractivity contribution in [2.75, 3.05) is 33.2 Å². The van der Waals surface area contributed by atoms with E-state index in [2.05, 4.69) is 25.1 Å². The molecule has 1 saturated heterocycles. The molecule has 100 valence electrons. The Morgan fingerprint density at radius 2 is 2.44 bits per heavy atom. The molecule has 0 aromatic carbocycles. The van der Waals surface area contributed by atoms with Gasteiger partial charge in [0.15, 0.2) is 0 Å². The normalized spacial score (nSPS) is 20.9. The highest BCUT2D eigenvalue weighted by Gasteiger charge is 2.27. The van der Waals surface area contributed by atoms with Crippen LogP contribution in [0.5, 0.6) is 0 Å². The van der Waals surface area contributed by atoms with Crippen LogP contribution >= 0.6 is 0 Å². The summed E-state index contributed by atoms with van der Waals surface area (Å²) in [7, 11) is 1.69. The highest BCUT2D eigenvalue weighted by Crippen LogP contribution is 2.05. The maximum atomic E-state index is 11.8. The zero-order valence-electron chi connectivity index (χ0n) is 11.0. The first kappa shape index (κ1) is 13.0. The van der Waals surface area contributed by atoms with Crippen molar-refractivity contribution < 1.29 is 4.79 Å². The zero-order chi connectivity index (χ0) is 13.0. The minimum absolute atomic E-state index is 0.0624. The number of hydrogen-bond donors (Lipinski definition) is 2. The molecule has 2 heterocycles. The highest BCUT2D eigenvalue weighted by molar-refractivity contribution is 5.81. The standard InChI is InChI=1S/C12H21N5O/c1-10-15-4-6-16(10)7-8-17-5-3-14-9-11(17)12(18)13-2/h4,6,11,14H,3,5,7-9H2,1-2H3,(H,13,18). The number of hydrogen-bond acceptors (Lipinski definition) is 4. The summed E-state index contributed by atoms with van der Waals surface area (Å²) in [5.41, 5.74) is 0. The first-order valence-electron chi connectivity index (χ1n) is 6.36. The summed E-state index contributed by atoms with van der Waals surface area (Å²) >= 11 is 0. The molecule has 1 aromatic rings. The van der Waals surface area contributed by atoms with Gasteiger partial charge in [0.2, 0.25) is 5.91 Å². The summed E-state index contributed by atoms with van der Waals surface area (Å²) in [6.07, 6.45) is 3.79. The van der Waals surface area contributed by atoms with Crippen molar-refractivity contribution in [2.45, 2.75) is 19.5 Å². The maximum absolute atomic E-state index is 11.8. The Kier molecular flexibility index (Phi) is 4.33. The largest absolute Gasteiger partial charge is 0.358 e. The van der Waals surface area contributed by atoms with Crippen LogP contribution in [0.4, 0.5) is 0 Å². The topological polar surface area (TPSA) is 62.2 Å². The Morgan fingerprint density at radius 3 is 3.11 bits per heavy atom. The third-order valence-electron chi connectivity index (χ3n) is 3.46. The fourth-order valence-electron chi connectivity index (χ4n) is 2.32. The van der Waals surface area contributed by atoms with Crippen molar-refractivity contribution >= 4 is 5.91 Å². The second-order valence-corrected chi connectivity index (χ2v) is 4.54. The SMILES string of the molecule is CNC(=O)C1CNCCN1CCn1ccnc1C. The van der Waals surface area contributed by atoms with Crippen molar-refractivity contribution in [1.29, 1.82) is 0 Å². The molecule has 1 amide bonds. The number of imidazole rings is 1. The molecule has 1 aliphatic heterocycles. The average molecular weight is 251 g/mol. The first-order valence-corrected chi connectivity index (χ1v) is 6.36. The number of amides is 1. The molecular weight excluding hydrogens is 230 g/mol. The van der Waals surface area contributed by atoms with E-state index >= 15 is 0 Å². The summed E-state index contributed by atoms with van der Waals surface area (Å²) < 4.78 is 2.11. The van der Waals surface area contributed by atoms with E-state index in [-0.39, 0.29) is 11.9 Å². The van der Waals surface area contributed by atoms with Gasteiger partial charge in [-0.3, -0.25) is 9.69 Å². The van der Waals surface area contributed by atoms with E-state index in [0.29, 0.717) is 0 Å². The van der Waals surface area contributed by atoms with Gasteiger partial charge in [-0.1, -0.05) is 0 Å². The van der Waals surface area contributed by atoms with Crippen LogP contribution in [0.3, 0.4) is 0 Å². The molecule has 1 fully saturated rings. The summed E-state index contributed by atoms with van der Waals surface area (Å²) in [6, 6.07) is -0.0624.